The van der Waals surface area contributed by atoms with Gasteiger partial charge in [-0.25, -0.2) is 0 Å². The van der Waals surface area contributed by atoms with E-state index in [9.17, 15) is 13.2 Å². The lowest BCUT2D eigenvalue weighted by Gasteiger charge is -2.20. The van der Waals surface area contributed by atoms with Gasteiger partial charge in [0.2, 0.25) is 5.91 Å². The summed E-state index contributed by atoms with van der Waals surface area (Å²) in [5.41, 5.74) is 0.899. The molecule has 2 aromatic rings. The van der Waals surface area contributed by atoms with Gasteiger partial charge in [-0.05, 0) is 28.5 Å². The maximum absolute atomic E-state index is 11.6. The number of amides is 1. The zero-order valence-corrected chi connectivity index (χ0v) is 15.4. The van der Waals surface area contributed by atoms with Crippen molar-refractivity contribution in [2.24, 2.45) is 0 Å². The molecule has 0 heterocycles. The highest BCUT2D eigenvalue weighted by Gasteiger charge is 2.18. The number of ether oxygens (including phenoxy) is 1. The van der Waals surface area contributed by atoms with Crippen LogP contribution in [0.4, 0.5) is 0 Å². The molecule has 0 aliphatic heterocycles. The lowest BCUT2D eigenvalue weighted by molar-refractivity contribution is -0.120. The molecule has 0 bridgehead atoms. The van der Waals surface area contributed by atoms with Gasteiger partial charge in [0.25, 0.3) is 10.1 Å². The van der Waals surface area contributed by atoms with Crippen LogP contribution >= 0.6 is 0 Å². The average Bonchev–Trinajstić information content (AvgIpc) is 2.59. The van der Waals surface area contributed by atoms with Crippen molar-refractivity contribution in [1.29, 1.82) is 0 Å². The highest BCUT2D eigenvalue weighted by Crippen LogP contribution is 2.29. The minimum Gasteiger partial charge on any atom is -0.497 e. The summed E-state index contributed by atoms with van der Waals surface area (Å²) in [6.45, 7) is 2.01. The van der Waals surface area contributed by atoms with Crippen molar-refractivity contribution in [3.8, 4) is 5.75 Å². The molecule has 0 aliphatic rings. The molecular formula is C18H23NO5S. The van der Waals surface area contributed by atoms with Gasteiger partial charge < -0.3 is 10.1 Å². The first-order chi connectivity index (χ1) is 11.8. The summed E-state index contributed by atoms with van der Waals surface area (Å²) in [6.07, 6.45) is 1.38. The SMILES string of the molecule is CCC(=O)NCC(COS(C)(=O)=O)c1cccc2ccc(OC)cc12. The summed E-state index contributed by atoms with van der Waals surface area (Å²) in [6, 6.07) is 11.5. The number of benzene rings is 2. The van der Waals surface area contributed by atoms with Crippen molar-refractivity contribution in [1.82, 2.24) is 5.32 Å². The van der Waals surface area contributed by atoms with E-state index in [2.05, 4.69) is 5.32 Å². The van der Waals surface area contributed by atoms with Gasteiger partial charge in [0, 0.05) is 18.9 Å². The second-order valence-electron chi connectivity index (χ2n) is 5.78. The van der Waals surface area contributed by atoms with Gasteiger partial charge in [-0.1, -0.05) is 31.2 Å². The van der Waals surface area contributed by atoms with Crippen LogP contribution in [0.15, 0.2) is 36.4 Å². The number of hydrogen-bond acceptors (Lipinski definition) is 5. The lowest BCUT2D eigenvalue weighted by atomic mass is 9.93. The fourth-order valence-electron chi connectivity index (χ4n) is 2.59. The second-order valence-corrected chi connectivity index (χ2v) is 7.42. The molecule has 0 aromatic heterocycles. The molecule has 25 heavy (non-hydrogen) atoms. The van der Waals surface area contributed by atoms with Crippen LogP contribution in [0, 0.1) is 0 Å². The molecule has 1 N–H and O–H groups in total. The summed E-state index contributed by atoms with van der Waals surface area (Å²) in [5, 5.41) is 4.76. The van der Waals surface area contributed by atoms with E-state index >= 15 is 0 Å². The third kappa shape index (κ3) is 5.44. The Kier molecular flexibility index (Phi) is 6.39. The maximum Gasteiger partial charge on any atom is 0.264 e. The smallest absolute Gasteiger partial charge is 0.264 e. The number of carbonyl (C=O) groups excluding carboxylic acids is 1. The molecule has 2 aromatic carbocycles. The fraction of sp³-hybridized carbons (Fsp3) is 0.389. The highest BCUT2D eigenvalue weighted by molar-refractivity contribution is 7.85. The summed E-state index contributed by atoms with van der Waals surface area (Å²) in [4.78, 5) is 11.6. The minimum absolute atomic E-state index is 0.0425. The largest absolute Gasteiger partial charge is 0.497 e. The Morgan fingerprint density at radius 1 is 1.24 bits per heavy atom. The predicted octanol–water partition coefficient (Wildman–Crippen LogP) is 2.43. The molecule has 0 spiro atoms. The number of nitrogens with one attached hydrogen (secondary N) is 1. The van der Waals surface area contributed by atoms with E-state index in [1.165, 1.54) is 0 Å². The van der Waals surface area contributed by atoms with Gasteiger partial charge >= 0.3 is 0 Å². The topological polar surface area (TPSA) is 81.7 Å². The average molecular weight is 365 g/mol. The molecular weight excluding hydrogens is 342 g/mol. The van der Waals surface area contributed by atoms with Crippen LogP contribution < -0.4 is 10.1 Å². The highest BCUT2D eigenvalue weighted by atomic mass is 32.2. The first-order valence-corrected chi connectivity index (χ1v) is 9.83. The Labute approximate surface area is 148 Å². The van der Waals surface area contributed by atoms with E-state index in [4.69, 9.17) is 8.92 Å². The van der Waals surface area contributed by atoms with Crippen LogP contribution in [-0.2, 0) is 19.1 Å². The Hall–Kier alpha value is -2.12. The number of methoxy groups -OCH3 is 1. The number of rotatable bonds is 8. The van der Waals surface area contributed by atoms with Crippen molar-refractivity contribution in [3.63, 3.8) is 0 Å². The van der Waals surface area contributed by atoms with E-state index in [0.29, 0.717) is 18.7 Å². The first-order valence-electron chi connectivity index (χ1n) is 8.01. The van der Waals surface area contributed by atoms with Gasteiger partial charge in [0.05, 0.1) is 20.0 Å². The van der Waals surface area contributed by atoms with Crippen LogP contribution in [0.1, 0.15) is 24.8 Å². The molecule has 1 atom stereocenters. The monoisotopic (exact) mass is 365 g/mol. The molecule has 1 unspecified atom stereocenters. The summed E-state index contributed by atoms with van der Waals surface area (Å²) in [7, 11) is -1.98. The van der Waals surface area contributed by atoms with Gasteiger partial charge in [-0.15, -0.1) is 0 Å². The van der Waals surface area contributed by atoms with Crippen LogP contribution in [0.25, 0.3) is 10.8 Å². The van der Waals surface area contributed by atoms with Crippen LogP contribution in [0.2, 0.25) is 0 Å². The van der Waals surface area contributed by atoms with Gasteiger partial charge in [-0.3, -0.25) is 8.98 Å². The van der Waals surface area contributed by atoms with Crippen molar-refractivity contribution in [2.45, 2.75) is 19.3 Å². The maximum atomic E-state index is 11.6. The number of hydrogen-bond donors (Lipinski definition) is 1. The van der Waals surface area contributed by atoms with Crippen molar-refractivity contribution < 1.29 is 22.1 Å². The predicted molar refractivity (Wildman–Crippen MR) is 97.3 cm³/mol. The van der Waals surface area contributed by atoms with E-state index in [-0.39, 0.29) is 18.4 Å². The summed E-state index contributed by atoms with van der Waals surface area (Å²) >= 11 is 0. The first kappa shape index (κ1) is 19.2. The number of fused-ring (bicyclic) bond motifs is 1. The molecule has 2 rings (SSSR count). The molecule has 0 saturated carbocycles. The molecule has 0 fully saturated rings. The number of carbonyl (C=O) groups is 1. The standard InChI is InChI=1S/C18H23NO5S/c1-4-18(20)19-11-14(12-24-25(3,21)22)16-7-5-6-13-8-9-15(23-2)10-17(13)16/h5-10,14H,4,11-12H2,1-3H3,(H,19,20). The van der Waals surface area contributed by atoms with E-state index in [1.807, 2.05) is 36.4 Å². The van der Waals surface area contributed by atoms with Crippen LogP contribution in [0.5, 0.6) is 5.75 Å². The Morgan fingerprint density at radius 2 is 2.00 bits per heavy atom. The van der Waals surface area contributed by atoms with E-state index in [0.717, 1.165) is 22.6 Å². The van der Waals surface area contributed by atoms with E-state index in [1.54, 1.807) is 14.0 Å². The summed E-state index contributed by atoms with van der Waals surface area (Å²) < 4.78 is 33.1. The van der Waals surface area contributed by atoms with Gasteiger partial charge in [-0.2, -0.15) is 8.42 Å². The zero-order valence-electron chi connectivity index (χ0n) is 14.6. The van der Waals surface area contributed by atoms with Crippen molar-refractivity contribution >= 4 is 26.8 Å². The van der Waals surface area contributed by atoms with Gasteiger partial charge in [0.15, 0.2) is 0 Å². The zero-order chi connectivity index (χ0) is 18.4. The molecule has 7 heteroatoms. The Bertz CT molecular complexity index is 848. The minimum atomic E-state index is -3.57. The van der Waals surface area contributed by atoms with Crippen molar-refractivity contribution in [2.75, 3.05) is 26.5 Å². The normalized spacial score (nSPS) is 12.8. The van der Waals surface area contributed by atoms with Crippen LogP contribution in [-0.4, -0.2) is 40.8 Å². The molecule has 1 amide bonds. The van der Waals surface area contributed by atoms with E-state index < -0.39 is 10.1 Å². The molecule has 6 nitrogen and oxygen atoms in total. The second kappa shape index (κ2) is 8.31. The van der Waals surface area contributed by atoms with Gasteiger partial charge in [0.1, 0.15) is 5.75 Å². The molecule has 0 saturated heterocycles. The van der Waals surface area contributed by atoms with Crippen LogP contribution in [0.3, 0.4) is 0 Å². The van der Waals surface area contributed by atoms with Crippen molar-refractivity contribution in [3.05, 3.63) is 42.0 Å². The molecule has 136 valence electrons. The quantitative estimate of drug-likeness (QED) is 0.727. The molecule has 0 aliphatic carbocycles. The fourth-order valence-corrected chi connectivity index (χ4v) is 3.00. The molecule has 0 radical (unpaired) electrons. The summed E-state index contributed by atoms with van der Waals surface area (Å²) in [5.74, 6) is 0.309. The third-order valence-electron chi connectivity index (χ3n) is 3.91. The Morgan fingerprint density at radius 3 is 2.64 bits per heavy atom. The lowest BCUT2D eigenvalue weighted by Crippen LogP contribution is -2.30. The Balaban J connectivity index is 2.40. The third-order valence-corrected chi connectivity index (χ3v) is 4.48.